The molecule has 1 aliphatic heterocycles. The van der Waals surface area contributed by atoms with Gasteiger partial charge in [0.25, 0.3) is 10.8 Å². The van der Waals surface area contributed by atoms with Crippen LogP contribution in [0, 0.1) is 10.8 Å². The van der Waals surface area contributed by atoms with E-state index in [9.17, 15) is 9.70 Å². The zero-order chi connectivity index (χ0) is 19.4. The molecule has 2 aliphatic rings. The number of guanidine groups is 1. The van der Waals surface area contributed by atoms with Crippen LogP contribution in [0.3, 0.4) is 0 Å². The second-order valence-corrected chi connectivity index (χ2v) is 7.30. The van der Waals surface area contributed by atoms with E-state index in [1.807, 2.05) is 0 Å². The highest BCUT2D eigenvalue weighted by Gasteiger charge is 2.48. The van der Waals surface area contributed by atoms with Crippen LogP contribution in [0.15, 0.2) is 29.3 Å². The first-order valence-corrected chi connectivity index (χ1v) is 9.33. The molecular formula is C19H27N4O4+. The molecule has 0 aromatic heterocycles. The van der Waals surface area contributed by atoms with Gasteiger partial charge < -0.3 is 10.5 Å². The molecule has 8 nitrogen and oxygen atoms in total. The van der Waals surface area contributed by atoms with Crippen LogP contribution in [0.4, 0.5) is 5.69 Å². The van der Waals surface area contributed by atoms with E-state index in [0.717, 1.165) is 12.8 Å². The molecule has 2 N–H and O–H groups in total. The van der Waals surface area contributed by atoms with Gasteiger partial charge in [0.1, 0.15) is 12.4 Å². The molecule has 1 atom stereocenters. The third kappa shape index (κ3) is 4.04. The summed E-state index contributed by atoms with van der Waals surface area (Å²) in [6, 6.07) is 6.54. The van der Waals surface area contributed by atoms with E-state index in [2.05, 4.69) is 9.83 Å². The van der Waals surface area contributed by atoms with Gasteiger partial charge in [-0.05, 0) is 24.5 Å². The van der Waals surface area contributed by atoms with Gasteiger partial charge in [-0.2, -0.15) is 0 Å². The smallest absolute Gasteiger partial charge is 0.317 e. The maximum atomic E-state index is 12.9. The second kappa shape index (κ2) is 7.94. The molecule has 1 heterocycles. The first kappa shape index (κ1) is 19.1. The third-order valence-corrected chi connectivity index (χ3v) is 5.42. The Morgan fingerprint density at radius 2 is 1.93 bits per heavy atom. The third-order valence-electron chi connectivity index (χ3n) is 5.42. The Bertz CT molecular complexity index is 728. The highest BCUT2D eigenvalue weighted by molar-refractivity contribution is 6.06. The van der Waals surface area contributed by atoms with Gasteiger partial charge >= 0.3 is 5.69 Å². The van der Waals surface area contributed by atoms with Crippen LogP contribution < -0.4 is 10.5 Å². The number of nitrogens with two attached hydrogens (primary N) is 1. The van der Waals surface area contributed by atoms with Crippen molar-refractivity contribution in [1.29, 1.82) is 0 Å². The number of hydrogen-bond acceptors (Lipinski definition) is 6. The number of hydrogen-bond donors (Lipinski definition) is 1. The monoisotopic (exact) mass is 375 g/mol. The summed E-state index contributed by atoms with van der Waals surface area (Å²) in [6.07, 6.45) is 6.50. The standard InChI is InChI=1S/C19H27N4O4/c1-22-17(24)19(21-18(22)20,12-14-6-4-3-5-7-14)13-27-16-10-8-15(9-11-16)23(25)26-2/h8-11,14H,3-7,12-13H2,1-2H3,(H2,20,21)/q+1. The summed E-state index contributed by atoms with van der Waals surface area (Å²) in [7, 11) is 2.95. The molecule has 0 saturated heterocycles. The second-order valence-electron chi connectivity index (χ2n) is 7.30. The van der Waals surface area contributed by atoms with Gasteiger partial charge in [-0.3, -0.25) is 9.69 Å². The van der Waals surface area contributed by atoms with E-state index >= 15 is 0 Å². The molecule has 1 saturated carbocycles. The summed E-state index contributed by atoms with van der Waals surface area (Å²) in [5, 5.41) is 0. The Kier molecular flexibility index (Phi) is 5.62. The largest absolute Gasteiger partial charge is 0.490 e. The lowest BCUT2D eigenvalue weighted by molar-refractivity contribution is -0.736. The van der Waals surface area contributed by atoms with Crippen molar-refractivity contribution in [2.75, 3.05) is 20.8 Å². The first-order chi connectivity index (χ1) is 12.9. The highest BCUT2D eigenvalue weighted by atomic mass is 16.8. The fourth-order valence-corrected chi connectivity index (χ4v) is 3.89. The molecule has 1 aliphatic carbocycles. The maximum absolute atomic E-state index is 12.9. The maximum Gasteiger partial charge on any atom is 0.317 e. The topological polar surface area (TPSA) is 97.2 Å². The van der Waals surface area contributed by atoms with Gasteiger partial charge in [0.05, 0.1) is 4.91 Å². The predicted octanol–water partition coefficient (Wildman–Crippen LogP) is 2.53. The lowest BCUT2D eigenvalue weighted by Crippen LogP contribution is -2.47. The molecule has 146 valence electrons. The van der Waals surface area contributed by atoms with Crippen LogP contribution in [0.5, 0.6) is 5.75 Å². The van der Waals surface area contributed by atoms with E-state index < -0.39 is 5.54 Å². The number of benzene rings is 1. The molecule has 0 bridgehead atoms. The lowest BCUT2D eigenvalue weighted by atomic mass is 9.79. The molecular weight excluding hydrogens is 348 g/mol. The summed E-state index contributed by atoms with van der Waals surface area (Å²) >= 11 is 0. The molecule has 0 spiro atoms. The molecule has 8 heteroatoms. The highest BCUT2D eigenvalue weighted by Crippen LogP contribution is 2.36. The van der Waals surface area contributed by atoms with Gasteiger partial charge in [0, 0.05) is 19.2 Å². The number of likely N-dealkylation sites (N-methyl/N-ethyl adjacent to an activating group) is 1. The first-order valence-electron chi connectivity index (χ1n) is 9.33. The average Bonchev–Trinajstić information content (AvgIpc) is 2.91. The van der Waals surface area contributed by atoms with Crippen molar-refractivity contribution in [2.45, 2.75) is 44.1 Å². The lowest BCUT2D eigenvalue weighted by Gasteiger charge is -2.31. The van der Waals surface area contributed by atoms with Crippen LogP contribution in [-0.4, -0.2) is 48.0 Å². The number of rotatable bonds is 7. The normalized spacial score (nSPS) is 23.3. The van der Waals surface area contributed by atoms with Crippen LogP contribution in [0.1, 0.15) is 38.5 Å². The van der Waals surface area contributed by atoms with E-state index in [4.69, 9.17) is 10.5 Å². The van der Waals surface area contributed by atoms with E-state index in [1.165, 1.54) is 31.3 Å². The van der Waals surface area contributed by atoms with Gasteiger partial charge in [-0.15, -0.1) is 0 Å². The van der Waals surface area contributed by atoms with Crippen molar-refractivity contribution in [2.24, 2.45) is 16.6 Å². The van der Waals surface area contributed by atoms with Crippen molar-refractivity contribution < 1.29 is 19.3 Å². The number of carbonyl (C=O) groups is 1. The fourth-order valence-electron chi connectivity index (χ4n) is 3.89. The minimum atomic E-state index is -0.976. The van der Waals surface area contributed by atoms with Crippen molar-refractivity contribution in [3.05, 3.63) is 29.2 Å². The molecule has 27 heavy (non-hydrogen) atoms. The summed E-state index contributed by atoms with van der Waals surface area (Å²) in [6.45, 7) is 0.123. The summed E-state index contributed by atoms with van der Waals surface area (Å²) in [5.74, 6) is 1.12. The minimum absolute atomic E-state index is 0.118. The van der Waals surface area contributed by atoms with Crippen molar-refractivity contribution >= 4 is 17.6 Å². The number of nitrogens with zero attached hydrogens (tertiary/aromatic N) is 3. The molecule has 3 rings (SSSR count). The van der Waals surface area contributed by atoms with Crippen LogP contribution in [0.2, 0.25) is 0 Å². The van der Waals surface area contributed by atoms with E-state index in [1.54, 1.807) is 31.3 Å². The van der Waals surface area contributed by atoms with Crippen LogP contribution >= 0.6 is 0 Å². The number of carbonyl (C=O) groups excluding carboxylic acids is 1. The average molecular weight is 375 g/mol. The molecule has 0 radical (unpaired) electrons. The molecule has 1 aromatic rings. The number of amides is 1. The zero-order valence-electron chi connectivity index (χ0n) is 15.9. The van der Waals surface area contributed by atoms with Crippen molar-refractivity contribution in [3.63, 3.8) is 0 Å². The number of ether oxygens (including phenoxy) is 1. The van der Waals surface area contributed by atoms with Gasteiger partial charge in [-0.1, -0.05) is 32.1 Å². The molecule has 1 aromatic carbocycles. The predicted molar refractivity (Wildman–Crippen MR) is 101 cm³/mol. The Labute approximate surface area is 158 Å². The summed E-state index contributed by atoms with van der Waals surface area (Å²) in [5.41, 5.74) is 5.32. The van der Waals surface area contributed by atoms with Gasteiger partial charge in [0.15, 0.2) is 18.6 Å². The Balaban J connectivity index is 1.74. The summed E-state index contributed by atoms with van der Waals surface area (Å²) in [4.78, 5) is 35.3. The summed E-state index contributed by atoms with van der Waals surface area (Å²) < 4.78 is 5.90. The molecule has 1 amide bonds. The van der Waals surface area contributed by atoms with Gasteiger partial charge in [0.2, 0.25) is 0 Å². The Morgan fingerprint density at radius 1 is 1.26 bits per heavy atom. The quantitative estimate of drug-likeness (QED) is 0.739. The molecule has 1 unspecified atom stereocenters. The molecule has 1 fully saturated rings. The fraction of sp³-hybridized carbons (Fsp3) is 0.579. The van der Waals surface area contributed by atoms with E-state index in [0.29, 0.717) is 28.7 Å². The minimum Gasteiger partial charge on any atom is -0.490 e. The Morgan fingerprint density at radius 3 is 2.48 bits per heavy atom. The number of aliphatic imine (C=N–C) groups is 1. The zero-order valence-corrected chi connectivity index (χ0v) is 15.9. The van der Waals surface area contributed by atoms with Gasteiger partial charge in [-0.25, -0.2) is 9.83 Å². The Hall–Kier alpha value is -2.64. The van der Waals surface area contributed by atoms with E-state index in [-0.39, 0.29) is 18.5 Å². The van der Waals surface area contributed by atoms with Crippen LogP contribution in [0.25, 0.3) is 0 Å². The van der Waals surface area contributed by atoms with Crippen LogP contribution in [-0.2, 0) is 9.63 Å². The SMILES string of the molecule is CO[N+](=O)c1ccc(OCC2(CC3CCCCC3)N=C(N)N(C)C2=O)cc1. The van der Waals surface area contributed by atoms with Crippen molar-refractivity contribution in [3.8, 4) is 5.75 Å². The van der Waals surface area contributed by atoms with Crippen molar-refractivity contribution in [1.82, 2.24) is 4.90 Å².